The molecule has 0 aliphatic heterocycles. The van der Waals surface area contributed by atoms with Crippen molar-refractivity contribution in [2.24, 2.45) is 0 Å². The van der Waals surface area contributed by atoms with Crippen LogP contribution in [0.15, 0.2) is 30.9 Å². The molecule has 0 atom stereocenters. The van der Waals surface area contributed by atoms with Crippen LogP contribution in [-0.4, -0.2) is 22.7 Å². The quantitative estimate of drug-likeness (QED) is 0.564. The Morgan fingerprint density at radius 1 is 1.59 bits per heavy atom. The summed E-state index contributed by atoms with van der Waals surface area (Å²) in [6, 6.07) is 5.02. The smallest absolute Gasteiger partial charge is 0.336 e. The van der Waals surface area contributed by atoms with Crippen LogP contribution in [0.2, 0.25) is 0 Å². The third-order valence-electron chi connectivity index (χ3n) is 2.22. The summed E-state index contributed by atoms with van der Waals surface area (Å²) in [5.41, 5.74) is 1.61. The van der Waals surface area contributed by atoms with Gasteiger partial charge in [0.1, 0.15) is 0 Å². The molecule has 0 saturated carbocycles. The molecule has 0 aliphatic rings. The van der Waals surface area contributed by atoms with Gasteiger partial charge in [-0.3, -0.25) is 0 Å². The fraction of sp³-hybridized carbons (Fsp3) is 0.167. The highest BCUT2D eigenvalue weighted by Crippen LogP contribution is 2.18. The number of aromatic carboxylic acids is 1. The number of nitrogens with one attached hydrogen (secondary N) is 2. The predicted molar refractivity (Wildman–Crippen MR) is 72.6 cm³/mol. The van der Waals surface area contributed by atoms with Crippen molar-refractivity contribution in [2.45, 2.75) is 6.92 Å². The molecule has 0 bridgehead atoms. The van der Waals surface area contributed by atoms with Crippen LogP contribution in [0.3, 0.4) is 0 Å². The summed E-state index contributed by atoms with van der Waals surface area (Å²) in [6.07, 6.45) is 1.69. The molecule has 0 saturated heterocycles. The number of carbonyl (C=O) groups is 1. The molecule has 4 nitrogen and oxygen atoms in total. The Bertz CT molecular complexity index is 458. The van der Waals surface area contributed by atoms with Gasteiger partial charge in [-0.15, -0.1) is 6.58 Å². The van der Waals surface area contributed by atoms with Crippen LogP contribution in [0, 0.1) is 6.92 Å². The highest BCUT2D eigenvalue weighted by Gasteiger charge is 2.10. The first-order valence-corrected chi connectivity index (χ1v) is 5.45. The lowest BCUT2D eigenvalue weighted by Crippen LogP contribution is -2.28. The third-order valence-corrected chi connectivity index (χ3v) is 2.47. The van der Waals surface area contributed by atoms with Crippen LogP contribution in [0.25, 0.3) is 0 Å². The van der Waals surface area contributed by atoms with Crippen LogP contribution in [0.5, 0.6) is 0 Å². The first-order valence-electron chi connectivity index (χ1n) is 5.05. The van der Waals surface area contributed by atoms with Gasteiger partial charge in [0, 0.05) is 12.2 Å². The van der Waals surface area contributed by atoms with E-state index in [4.69, 9.17) is 17.3 Å². The SMILES string of the molecule is C=CCNC(=S)Nc1cccc(C(=O)O)c1C. The van der Waals surface area contributed by atoms with Crippen molar-refractivity contribution in [1.82, 2.24) is 5.32 Å². The first kappa shape index (κ1) is 13.2. The molecule has 0 radical (unpaired) electrons. The molecule has 3 N–H and O–H groups in total. The zero-order chi connectivity index (χ0) is 12.8. The van der Waals surface area contributed by atoms with Gasteiger partial charge in [0.05, 0.1) is 5.56 Å². The number of anilines is 1. The summed E-state index contributed by atoms with van der Waals surface area (Å²) in [4.78, 5) is 10.9. The summed E-state index contributed by atoms with van der Waals surface area (Å²) >= 11 is 5.05. The van der Waals surface area contributed by atoms with Crippen molar-refractivity contribution >= 4 is 29.0 Å². The number of benzene rings is 1. The predicted octanol–water partition coefficient (Wildman–Crippen LogP) is 2.17. The van der Waals surface area contributed by atoms with Crippen molar-refractivity contribution in [3.05, 3.63) is 42.0 Å². The molecular formula is C12H14N2O2S. The third kappa shape index (κ3) is 3.57. The van der Waals surface area contributed by atoms with E-state index in [0.29, 0.717) is 22.9 Å². The summed E-state index contributed by atoms with van der Waals surface area (Å²) in [5, 5.41) is 15.3. The standard InChI is InChI=1S/C12H14N2O2S/c1-3-7-13-12(17)14-10-6-4-5-9(8(10)2)11(15)16/h3-6H,1,7H2,2H3,(H,15,16)(H2,13,14,17). The molecule has 90 valence electrons. The van der Waals surface area contributed by atoms with Gasteiger partial charge in [-0.25, -0.2) is 4.79 Å². The van der Waals surface area contributed by atoms with Crippen LogP contribution in [0.1, 0.15) is 15.9 Å². The molecule has 0 heterocycles. The molecule has 1 aromatic rings. The van der Waals surface area contributed by atoms with Crippen LogP contribution in [-0.2, 0) is 0 Å². The van der Waals surface area contributed by atoms with Gasteiger partial charge in [0.15, 0.2) is 5.11 Å². The Morgan fingerprint density at radius 3 is 2.88 bits per heavy atom. The molecule has 1 rings (SSSR count). The van der Waals surface area contributed by atoms with E-state index in [1.807, 2.05) is 0 Å². The Hall–Kier alpha value is -1.88. The maximum Gasteiger partial charge on any atom is 0.336 e. The molecule has 0 aliphatic carbocycles. The van der Waals surface area contributed by atoms with Gasteiger partial charge in [-0.1, -0.05) is 12.1 Å². The number of carboxylic acids is 1. The van der Waals surface area contributed by atoms with Crippen LogP contribution >= 0.6 is 12.2 Å². The van der Waals surface area contributed by atoms with E-state index in [1.165, 1.54) is 0 Å². The Labute approximate surface area is 105 Å². The van der Waals surface area contributed by atoms with Gasteiger partial charge < -0.3 is 15.7 Å². The zero-order valence-corrected chi connectivity index (χ0v) is 10.3. The van der Waals surface area contributed by atoms with Gasteiger partial charge in [-0.05, 0) is 36.8 Å². The second kappa shape index (κ2) is 6.00. The number of rotatable bonds is 4. The molecule has 0 aromatic heterocycles. The normalized spacial score (nSPS) is 9.47. The van der Waals surface area contributed by atoms with E-state index >= 15 is 0 Å². The average molecular weight is 250 g/mol. The summed E-state index contributed by atoms with van der Waals surface area (Å²) < 4.78 is 0. The Morgan fingerprint density at radius 2 is 2.29 bits per heavy atom. The fourth-order valence-electron chi connectivity index (χ4n) is 1.33. The lowest BCUT2D eigenvalue weighted by molar-refractivity contribution is 0.0696. The van der Waals surface area contributed by atoms with Crippen molar-refractivity contribution in [1.29, 1.82) is 0 Å². The first-order chi connectivity index (χ1) is 8.06. The Balaban J connectivity index is 2.85. The molecule has 5 heteroatoms. The summed E-state index contributed by atoms with van der Waals surface area (Å²) in [5.74, 6) is -0.948. The average Bonchev–Trinajstić information content (AvgIpc) is 2.28. The summed E-state index contributed by atoms with van der Waals surface area (Å²) in [6.45, 7) is 5.86. The van der Waals surface area contributed by atoms with Crippen LogP contribution < -0.4 is 10.6 Å². The zero-order valence-electron chi connectivity index (χ0n) is 9.49. The van der Waals surface area contributed by atoms with E-state index in [-0.39, 0.29) is 5.56 Å². The van der Waals surface area contributed by atoms with E-state index < -0.39 is 5.97 Å². The summed E-state index contributed by atoms with van der Waals surface area (Å²) in [7, 11) is 0. The highest BCUT2D eigenvalue weighted by molar-refractivity contribution is 7.80. The molecule has 0 fully saturated rings. The molecule has 1 aromatic carbocycles. The van der Waals surface area contributed by atoms with Crippen molar-refractivity contribution in [3.63, 3.8) is 0 Å². The molecule has 0 spiro atoms. The lowest BCUT2D eigenvalue weighted by Gasteiger charge is -2.12. The van der Waals surface area contributed by atoms with Gasteiger partial charge >= 0.3 is 5.97 Å². The molecule has 17 heavy (non-hydrogen) atoms. The van der Waals surface area contributed by atoms with Gasteiger partial charge in [0.25, 0.3) is 0 Å². The minimum Gasteiger partial charge on any atom is -0.478 e. The van der Waals surface area contributed by atoms with E-state index in [0.717, 1.165) is 0 Å². The monoisotopic (exact) mass is 250 g/mol. The van der Waals surface area contributed by atoms with Crippen molar-refractivity contribution < 1.29 is 9.90 Å². The van der Waals surface area contributed by atoms with Gasteiger partial charge in [-0.2, -0.15) is 0 Å². The Kier molecular flexibility index (Phi) is 4.66. The van der Waals surface area contributed by atoms with Crippen LogP contribution in [0.4, 0.5) is 5.69 Å². The number of hydrogen-bond donors (Lipinski definition) is 3. The minimum atomic E-state index is -0.948. The van der Waals surface area contributed by atoms with E-state index in [2.05, 4.69) is 17.2 Å². The maximum absolute atomic E-state index is 10.9. The van der Waals surface area contributed by atoms with E-state index in [9.17, 15) is 4.79 Å². The number of carboxylic acid groups (broad SMARTS) is 1. The molecule has 0 amide bonds. The topological polar surface area (TPSA) is 61.4 Å². The number of hydrogen-bond acceptors (Lipinski definition) is 2. The molecule has 0 unspecified atom stereocenters. The fourth-order valence-corrected chi connectivity index (χ4v) is 1.53. The highest BCUT2D eigenvalue weighted by atomic mass is 32.1. The van der Waals surface area contributed by atoms with Crippen molar-refractivity contribution in [3.8, 4) is 0 Å². The van der Waals surface area contributed by atoms with Gasteiger partial charge in [0.2, 0.25) is 0 Å². The largest absolute Gasteiger partial charge is 0.478 e. The lowest BCUT2D eigenvalue weighted by atomic mass is 10.1. The van der Waals surface area contributed by atoms with Crippen molar-refractivity contribution in [2.75, 3.05) is 11.9 Å². The second-order valence-corrected chi connectivity index (χ2v) is 3.82. The minimum absolute atomic E-state index is 0.265. The second-order valence-electron chi connectivity index (χ2n) is 3.41. The maximum atomic E-state index is 10.9. The number of thiocarbonyl (C=S) groups is 1. The van der Waals surface area contributed by atoms with E-state index in [1.54, 1.807) is 31.2 Å². The molecular weight excluding hydrogens is 236 g/mol.